The highest BCUT2D eigenvalue weighted by Gasteiger charge is 2.39. The molecule has 1 atom stereocenters. The first-order valence-corrected chi connectivity index (χ1v) is 7.49. The number of nitrogens with zero attached hydrogens (tertiary/aromatic N) is 1. The molecular weight excluding hydrogens is 304 g/mol. The second kappa shape index (κ2) is 5.63. The Kier molecular flexibility index (Phi) is 4.31. The highest BCUT2D eigenvalue weighted by Crippen LogP contribution is 2.28. The highest BCUT2D eigenvalue weighted by molar-refractivity contribution is 9.10. The van der Waals surface area contributed by atoms with Crippen LogP contribution in [0.25, 0.3) is 0 Å². The summed E-state index contributed by atoms with van der Waals surface area (Å²) in [5.41, 5.74) is 7.04. The van der Waals surface area contributed by atoms with E-state index in [9.17, 15) is 4.79 Å². The summed E-state index contributed by atoms with van der Waals surface area (Å²) in [6.07, 6.45) is 2.19. The standard InChI is InChI=1S/C15H21BrN2O/c1-15(2)9-12(17)10-18(15)14(19)8-7-11-5-3-4-6-13(11)16/h3-6,12H,7-10,17H2,1-2H3. The van der Waals surface area contributed by atoms with Crippen molar-refractivity contribution in [2.45, 2.75) is 44.7 Å². The van der Waals surface area contributed by atoms with Gasteiger partial charge >= 0.3 is 0 Å². The van der Waals surface area contributed by atoms with Crippen LogP contribution >= 0.6 is 15.9 Å². The molecule has 1 fully saturated rings. The quantitative estimate of drug-likeness (QED) is 0.929. The maximum atomic E-state index is 12.3. The van der Waals surface area contributed by atoms with Crippen LogP contribution in [0.3, 0.4) is 0 Å². The van der Waals surface area contributed by atoms with E-state index in [1.807, 2.05) is 23.1 Å². The van der Waals surface area contributed by atoms with Crippen molar-refractivity contribution < 1.29 is 4.79 Å². The molecule has 1 amide bonds. The summed E-state index contributed by atoms with van der Waals surface area (Å²) >= 11 is 3.52. The molecule has 1 saturated heterocycles. The monoisotopic (exact) mass is 324 g/mol. The molecule has 0 aliphatic carbocycles. The zero-order valence-corrected chi connectivity index (χ0v) is 13.1. The number of halogens is 1. The van der Waals surface area contributed by atoms with Gasteiger partial charge in [-0.25, -0.2) is 0 Å². The molecule has 1 aliphatic heterocycles. The lowest BCUT2D eigenvalue weighted by atomic mass is 10.00. The molecule has 0 spiro atoms. The Morgan fingerprint density at radius 1 is 1.47 bits per heavy atom. The predicted octanol–water partition coefficient (Wildman–Crippen LogP) is 2.72. The number of nitrogens with two attached hydrogens (primary N) is 1. The minimum atomic E-state index is -0.107. The summed E-state index contributed by atoms with van der Waals surface area (Å²) in [4.78, 5) is 14.3. The van der Waals surface area contributed by atoms with Gasteiger partial charge in [0.05, 0.1) is 0 Å². The van der Waals surface area contributed by atoms with Crippen molar-refractivity contribution in [1.82, 2.24) is 4.90 Å². The van der Waals surface area contributed by atoms with Crippen LogP contribution in [0, 0.1) is 0 Å². The van der Waals surface area contributed by atoms with E-state index in [4.69, 9.17) is 5.73 Å². The van der Waals surface area contributed by atoms with Gasteiger partial charge < -0.3 is 10.6 Å². The summed E-state index contributed by atoms with van der Waals surface area (Å²) in [7, 11) is 0. The summed E-state index contributed by atoms with van der Waals surface area (Å²) in [5, 5.41) is 0. The number of hydrogen-bond acceptors (Lipinski definition) is 2. The van der Waals surface area contributed by atoms with Crippen LogP contribution in [0.15, 0.2) is 28.7 Å². The molecule has 3 nitrogen and oxygen atoms in total. The zero-order chi connectivity index (χ0) is 14.0. The van der Waals surface area contributed by atoms with Gasteiger partial charge in [-0.05, 0) is 38.3 Å². The topological polar surface area (TPSA) is 46.3 Å². The van der Waals surface area contributed by atoms with Crippen LogP contribution in [0.1, 0.15) is 32.3 Å². The second-order valence-electron chi connectivity index (χ2n) is 5.87. The van der Waals surface area contributed by atoms with E-state index in [1.165, 1.54) is 5.56 Å². The Morgan fingerprint density at radius 3 is 2.74 bits per heavy atom. The first-order chi connectivity index (χ1) is 8.90. The molecule has 4 heteroatoms. The fraction of sp³-hybridized carbons (Fsp3) is 0.533. The zero-order valence-electron chi connectivity index (χ0n) is 11.5. The molecule has 2 rings (SSSR count). The third kappa shape index (κ3) is 3.37. The Bertz CT molecular complexity index is 473. The van der Waals surface area contributed by atoms with Crippen molar-refractivity contribution in [3.05, 3.63) is 34.3 Å². The Labute approximate surface area is 123 Å². The molecule has 0 radical (unpaired) electrons. The molecule has 0 bridgehead atoms. The molecule has 19 heavy (non-hydrogen) atoms. The minimum Gasteiger partial charge on any atom is -0.336 e. The van der Waals surface area contributed by atoms with E-state index in [0.29, 0.717) is 13.0 Å². The number of hydrogen-bond donors (Lipinski definition) is 1. The van der Waals surface area contributed by atoms with Gasteiger partial charge in [-0.15, -0.1) is 0 Å². The summed E-state index contributed by atoms with van der Waals surface area (Å²) in [6, 6.07) is 8.16. The number of benzene rings is 1. The van der Waals surface area contributed by atoms with E-state index >= 15 is 0 Å². The average molecular weight is 325 g/mol. The van der Waals surface area contributed by atoms with Crippen molar-refractivity contribution >= 4 is 21.8 Å². The molecule has 1 aromatic carbocycles. The molecule has 1 unspecified atom stereocenters. The van der Waals surface area contributed by atoms with Gasteiger partial charge in [0.1, 0.15) is 0 Å². The van der Waals surface area contributed by atoms with Crippen molar-refractivity contribution in [3.63, 3.8) is 0 Å². The lowest BCUT2D eigenvalue weighted by Crippen LogP contribution is -2.42. The van der Waals surface area contributed by atoms with E-state index in [0.717, 1.165) is 17.3 Å². The molecule has 0 saturated carbocycles. The second-order valence-corrected chi connectivity index (χ2v) is 6.73. The SMILES string of the molecule is CC1(C)CC(N)CN1C(=O)CCc1ccccc1Br. The van der Waals surface area contributed by atoms with Crippen LogP contribution < -0.4 is 5.73 Å². The molecule has 0 aromatic heterocycles. The Hall–Kier alpha value is -0.870. The molecule has 2 N–H and O–H groups in total. The van der Waals surface area contributed by atoms with Gasteiger partial charge in [-0.1, -0.05) is 34.1 Å². The number of aryl methyl sites for hydroxylation is 1. The van der Waals surface area contributed by atoms with Gasteiger partial charge in [0.25, 0.3) is 0 Å². The maximum absolute atomic E-state index is 12.3. The lowest BCUT2D eigenvalue weighted by molar-refractivity contribution is -0.134. The van der Waals surface area contributed by atoms with E-state index in [1.54, 1.807) is 0 Å². The number of carbonyl (C=O) groups excluding carboxylic acids is 1. The normalized spacial score (nSPS) is 21.7. The minimum absolute atomic E-state index is 0.107. The maximum Gasteiger partial charge on any atom is 0.223 e. The van der Waals surface area contributed by atoms with Crippen molar-refractivity contribution in [1.29, 1.82) is 0 Å². The van der Waals surface area contributed by atoms with E-state index < -0.39 is 0 Å². The Morgan fingerprint density at radius 2 is 2.16 bits per heavy atom. The van der Waals surface area contributed by atoms with Crippen molar-refractivity contribution in [2.75, 3.05) is 6.54 Å². The van der Waals surface area contributed by atoms with Crippen LogP contribution in [-0.2, 0) is 11.2 Å². The first-order valence-electron chi connectivity index (χ1n) is 6.69. The number of rotatable bonds is 3. The van der Waals surface area contributed by atoms with Gasteiger partial charge in [0.15, 0.2) is 0 Å². The average Bonchev–Trinajstić information content (AvgIpc) is 2.61. The number of likely N-dealkylation sites (tertiary alicyclic amines) is 1. The first kappa shape index (κ1) is 14.5. The van der Waals surface area contributed by atoms with Crippen LogP contribution in [0.2, 0.25) is 0 Å². The smallest absolute Gasteiger partial charge is 0.223 e. The number of carbonyl (C=O) groups is 1. The van der Waals surface area contributed by atoms with Gasteiger partial charge in [0.2, 0.25) is 5.91 Å². The lowest BCUT2D eigenvalue weighted by Gasteiger charge is -2.31. The van der Waals surface area contributed by atoms with Crippen LogP contribution in [-0.4, -0.2) is 28.9 Å². The molecule has 1 heterocycles. The van der Waals surface area contributed by atoms with E-state index in [-0.39, 0.29) is 17.5 Å². The predicted molar refractivity (Wildman–Crippen MR) is 80.8 cm³/mol. The van der Waals surface area contributed by atoms with Crippen LogP contribution in [0.4, 0.5) is 0 Å². The molecule has 1 aromatic rings. The fourth-order valence-electron chi connectivity index (χ4n) is 2.82. The van der Waals surface area contributed by atoms with Crippen LogP contribution in [0.5, 0.6) is 0 Å². The molecule has 104 valence electrons. The third-order valence-corrected chi connectivity index (χ3v) is 4.55. The summed E-state index contributed by atoms with van der Waals surface area (Å²) < 4.78 is 1.07. The summed E-state index contributed by atoms with van der Waals surface area (Å²) in [5.74, 6) is 0.203. The van der Waals surface area contributed by atoms with Crippen molar-refractivity contribution in [3.8, 4) is 0 Å². The van der Waals surface area contributed by atoms with Gasteiger partial charge in [0, 0.05) is 29.0 Å². The van der Waals surface area contributed by atoms with Gasteiger partial charge in [-0.2, -0.15) is 0 Å². The van der Waals surface area contributed by atoms with Crippen molar-refractivity contribution in [2.24, 2.45) is 5.73 Å². The number of amides is 1. The highest BCUT2D eigenvalue weighted by atomic mass is 79.9. The summed E-state index contributed by atoms with van der Waals surface area (Å²) in [6.45, 7) is 4.87. The molecular formula is C15H21BrN2O. The fourth-order valence-corrected chi connectivity index (χ4v) is 3.30. The largest absolute Gasteiger partial charge is 0.336 e. The molecule has 1 aliphatic rings. The van der Waals surface area contributed by atoms with Gasteiger partial charge in [-0.3, -0.25) is 4.79 Å². The third-order valence-electron chi connectivity index (χ3n) is 3.78. The van der Waals surface area contributed by atoms with E-state index in [2.05, 4.69) is 35.8 Å². The Balaban J connectivity index is 1.97.